The Morgan fingerprint density at radius 3 is 2.62 bits per heavy atom. The van der Waals surface area contributed by atoms with Crippen LogP contribution < -0.4 is 0 Å². The quantitative estimate of drug-likeness (QED) is 0.748. The molecule has 0 aliphatic carbocycles. The molecule has 4 nitrogen and oxygen atoms in total. The van der Waals surface area contributed by atoms with Crippen molar-refractivity contribution in [3.63, 3.8) is 0 Å². The van der Waals surface area contributed by atoms with Crippen LogP contribution in [0.15, 0.2) is 0 Å². The zero-order chi connectivity index (χ0) is 12.4. The molecule has 1 aliphatic rings. The highest BCUT2D eigenvalue weighted by molar-refractivity contribution is 5.68. The largest absolute Gasteiger partial charge is 0.444 e. The Bertz CT molecular complexity index is 259. The van der Waals surface area contributed by atoms with E-state index in [2.05, 4.69) is 0 Å². The van der Waals surface area contributed by atoms with Crippen LogP contribution in [0.2, 0.25) is 0 Å². The molecule has 0 saturated carbocycles. The summed E-state index contributed by atoms with van der Waals surface area (Å²) in [6, 6.07) is 0. The number of aliphatic hydroxyl groups is 1. The Balaban J connectivity index is 2.57. The highest BCUT2D eigenvalue weighted by Crippen LogP contribution is 2.29. The fourth-order valence-corrected chi connectivity index (χ4v) is 1.93. The number of carbonyl (C=O) groups excluding carboxylic acids is 1. The number of amides is 1. The molecule has 0 unspecified atom stereocenters. The van der Waals surface area contributed by atoms with Crippen LogP contribution in [0.4, 0.5) is 4.79 Å². The first-order valence-electron chi connectivity index (χ1n) is 5.85. The SMILES string of the molecule is CC(C)(C)OC(=O)N1CCC[C@](C)(CO)C1. The van der Waals surface area contributed by atoms with E-state index in [-0.39, 0.29) is 18.1 Å². The van der Waals surface area contributed by atoms with E-state index in [1.165, 1.54) is 0 Å². The maximum atomic E-state index is 11.8. The number of carbonyl (C=O) groups is 1. The van der Waals surface area contributed by atoms with Gasteiger partial charge in [-0.15, -0.1) is 0 Å². The van der Waals surface area contributed by atoms with Gasteiger partial charge in [0.25, 0.3) is 0 Å². The molecular weight excluding hydrogens is 206 g/mol. The van der Waals surface area contributed by atoms with E-state index in [1.54, 1.807) is 4.90 Å². The van der Waals surface area contributed by atoms with E-state index in [0.29, 0.717) is 6.54 Å². The summed E-state index contributed by atoms with van der Waals surface area (Å²) in [5.74, 6) is 0. The van der Waals surface area contributed by atoms with Gasteiger partial charge in [-0.2, -0.15) is 0 Å². The molecule has 1 fully saturated rings. The third-order valence-corrected chi connectivity index (χ3v) is 2.81. The molecule has 1 amide bonds. The number of hydrogen-bond acceptors (Lipinski definition) is 3. The van der Waals surface area contributed by atoms with Crippen molar-refractivity contribution in [2.45, 2.75) is 46.1 Å². The number of hydrogen-bond donors (Lipinski definition) is 1. The molecule has 1 rings (SSSR count). The summed E-state index contributed by atoms with van der Waals surface area (Å²) in [5, 5.41) is 9.30. The van der Waals surface area contributed by atoms with Gasteiger partial charge in [0, 0.05) is 18.5 Å². The predicted octanol–water partition coefficient (Wildman–Crippen LogP) is 2.02. The smallest absolute Gasteiger partial charge is 0.410 e. The lowest BCUT2D eigenvalue weighted by atomic mass is 9.83. The monoisotopic (exact) mass is 229 g/mol. The van der Waals surface area contributed by atoms with Crippen LogP contribution in [0, 0.1) is 5.41 Å². The van der Waals surface area contributed by atoms with Crippen LogP contribution in [-0.2, 0) is 4.74 Å². The molecule has 1 aliphatic heterocycles. The molecular formula is C12H23NO3. The molecule has 4 heteroatoms. The first-order chi connectivity index (χ1) is 7.26. The highest BCUT2D eigenvalue weighted by atomic mass is 16.6. The number of ether oxygens (including phenoxy) is 1. The average molecular weight is 229 g/mol. The summed E-state index contributed by atoms with van der Waals surface area (Å²) in [4.78, 5) is 13.5. The van der Waals surface area contributed by atoms with Crippen LogP contribution in [0.3, 0.4) is 0 Å². The minimum absolute atomic E-state index is 0.117. The lowest BCUT2D eigenvalue weighted by Gasteiger charge is -2.39. The molecule has 1 atom stereocenters. The third kappa shape index (κ3) is 3.67. The van der Waals surface area contributed by atoms with Crippen molar-refractivity contribution in [2.24, 2.45) is 5.41 Å². The minimum Gasteiger partial charge on any atom is -0.444 e. The molecule has 16 heavy (non-hydrogen) atoms. The first-order valence-corrected chi connectivity index (χ1v) is 5.85. The van der Waals surface area contributed by atoms with Crippen molar-refractivity contribution in [2.75, 3.05) is 19.7 Å². The molecule has 0 spiro atoms. The second-order valence-electron chi connectivity index (χ2n) is 5.97. The number of nitrogens with zero attached hydrogens (tertiary/aromatic N) is 1. The van der Waals surface area contributed by atoms with Gasteiger partial charge in [0.1, 0.15) is 5.60 Å². The Morgan fingerprint density at radius 2 is 2.12 bits per heavy atom. The third-order valence-electron chi connectivity index (χ3n) is 2.81. The lowest BCUT2D eigenvalue weighted by Crippen LogP contribution is -2.48. The topological polar surface area (TPSA) is 49.8 Å². The van der Waals surface area contributed by atoms with Crippen molar-refractivity contribution < 1.29 is 14.6 Å². The minimum atomic E-state index is -0.454. The number of likely N-dealkylation sites (tertiary alicyclic amines) is 1. The summed E-state index contributed by atoms with van der Waals surface area (Å²) in [6.45, 7) is 9.01. The van der Waals surface area contributed by atoms with E-state index >= 15 is 0 Å². The second kappa shape index (κ2) is 4.62. The van der Waals surface area contributed by atoms with Gasteiger partial charge in [0.05, 0.1) is 6.61 Å². The van der Waals surface area contributed by atoms with Gasteiger partial charge < -0.3 is 14.7 Å². The maximum absolute atomic E-state index is 11.8. The van der Waals surface area contributed by atoms with Crippen molar-refractivity contribution in [3.8, 4) is 0 Å². The second-order valence-corrected chi connectivity index (χ2v) is 5.97. The number of piperidine rings is 1. The van der Waals surface area contributed by atoms with Crippen LogP contribution in [0.25, 0.3) is 0 Å². The number of rotatable bonds is 1. The summed E-state index contributed by atoms with van der Waals surface area (Å²) in [5.41, 5.74) is -0.626. The molecule has 1 N–H and O–H groups in total. The summed E-state index contributed by atoms with van der Waals surface area (Å²) in [6.07, 6.45) is 1.62. The molecule has 94 valence electrons. The van der Waals surface area contributed by atoms with Crippen molar-refractivity contribution in [3.05, 3.63) is 0 Å². The van der Waals surface area contributed by atoms with Gasteiger partial charge in [-0.1, -0.05) is 6.92 Å². The highest BCUT2D eigenvalue weighted by Gasteiger charge is 2.34. The Morgan fingerprint density at radius 1 is 1.50 bits per heavy atom. The Hall–Kier alpha value is -0.770. The summed E-state index contributed by atoms with van der Waals surface area (Å²) >= 11 is 0. The summed E-state index contributed by atoms with van der Waals surface area (Å²) < 4.78 is 5.32. The normalized spacial score (nSPS) is 26.7. The summed E-state index contributed by atoms with van der Waals surface area (Å²) in [7, 11) is 0. The zero-order valence-electron chi connectivity index (χ0n) is 10.7. The van der Waals surface area contributed by atoms with E-state index < -0.39 is 5.60 Å². The Kier molecular flexibility index (Phi) is 3.84. The molecule has 1 heterocycles. The maximum Gasteiger partial charge on any atom is 0.410 e. The van der Waals surface area contributed by atoms with Gasteiger partial charge in [-0.3, -0.25) is 0 Å². The van der Waals surface area contributed by atoms with Gasteiger partial charge >= 0.3 is 6.09 Å². The Labute approximate surface area is 97.6 Å². The van der Waals surface area contributed by atoms with Crippen LogP contribution in [0.5, 0.6) is 0 Å². The van der Waals surface area contributed by atoms with Crippen molar-refractivity contribution in [1.29, 1.82) is 0 Å². The molecule has 0 aromatic heterocycles. The van der Waals surface area contributed by atoms with Crippen molar-refractivity contribution >= 4 is 6.09 Å². The van der Waals surface area contributed by atoms with Gasteiger partial charge in [0.15, 0.2) is 0 Å². The average Bonchev–Trinajstić information content (AvgIpc) is 2.15. The zero-order valence-corrected chi connectivity index (χ0v) is 10.7. The van der Waals surface area contributed by atoms with Crippen LogP contribution in [-0.4, -0.2) is 41.4 Å². The molecule has 0 radical (unpaired) electrons. The van der Waals surface area contributed by atoms with Crippen LogP contribution in [0.1, 0.15) is 40.5 Å². The predicted molar refractivity (Wildman–Crippen MR) is 62.2 cm³/mol. The van der Waals surface area contributed by atoms with E-state index in [9.17, 15) is 9.90 Å². The van der Waals surface area contributed by atoms with Gasteiger partial charge in [-0.05, 0) is 33.6 Å². The van der Waals surface area contributed by atoms with Crippen LogP contribution >= 0.6 is 0 Å². The fraction of sp³-hybridized carbons (Fsp3) is 0.917. The van der Waals surface area contributed by atoms with Gasteiger partial charge in [0.2, 0.25) is 0 Å². The van der Waals surface area contributed by atoms with E-state index in [0.717, 1.165) is 19.4 Å². The van der Waals surface area contributed by atoms with Crippen molar-refractivity contribution in [1.82, 2.24) is 4.90 Å². The fourth-order valence-electron chi connectivity index (χ4n) is 1.93. The molecule has 0 bridgehead atoms. The van der Waals surface area contributed by atoms with E-state index in [1.807, 2.05) is 27.7 Å². The standard InChI is InChI=1S/C12H23NO3/c1-11(2,3)16-10(15)13-7-5-6-12(4,8-13)9-14/h14H,5-9H2,1-4H3/t12-/m0/s1. The molecule has 0 aromatic carbocycles. The molecule has 0 aromatic rings. The first kappa shape index (κ1) is 13.3. The lowest BCUT2D eigenvalue weighted by molar-refractivity contribution is -0.00347. The molecule has 1 saturated heterocycles. The van der Waals surface area contributed by atoms with Gasteiger partial charge in [-0.25, -0.2) is 4.79 Å². The number of aliphatic hydroxyl groups excluding tert-OH is 1. The van der Waals surface area contributed by atoms with E-state index in [4.69, 9.17) is 4.74 Å².